The van der Waals surface area contributed by atoms with Crippen molar-refractivity contribution in [2.24, 2.45) is 0 Å². The zero-order valence-electron chi connectivity index (χ0n) is 11.9. The van der Waals surface area contributed by atoms with E-state index in [0.717, 1.165) is 36.7 Å². The zero-order valence-corrected chi connectivity index (χ0v) is 11.9. The topological polar surface area (TPSA) is 84.7 Å². The molecule has 0 bridgehead atoms. The molecule has 0 spiro atoms. The molecule has 0 fully saturated rings. The molecule has 3 heterocycles. The standard InChI is InChI=1S/C14H18N6O/c1-10(11-5-2-3-7-15-11)17-14(21)16-9-13-19-18-12-6-4-8-20(12)13/h2-3,5,7,10H,4,6,8-9H2,1H3,(H2,16,17,21)/t10-/m1/s1. The Kier molecular flexibility index (Phi) is 3.81. The Balaban J connectivity index is 1.52. The molecule has 0 aliphatic carbocycles. The number of carbonyl (C=O) groups excluding carboxylic acids is 1. The van der Waals surface area contributed by atoms with Crippen LogP contribution >= 0.6 is 0 Å². The highest BCUT2D eigenvalue weighted by atomic mass is 16.2. The maximum Gasteiger partial charge on any atom is 0.315 e. The van der Waals surface area contributed by atoms with Crippen LogP contribution < -0.4 is 10.6 Å². The SMILES string of the molecule is C[C@@H](NC(=O)NCc1nnc2n1CCC2)c1ccccn1. The van der Waals surface area contributed by atoms with E-state index in [1.165, 1.54) is 0 Å². The molecule has 0 aromatic carbocycles. The van der Waals surface area contributed by atoms with Crippen LogP contribution in [0.5, 0.6) is 0 Å². The minimum Gasteiger partial charge on any atom is -0.331 e. The largest absolute Gasteiger partial charge is 0.331 e. The van der Waals surface area contributed by atoms with Crippen molar-refractivity contribution >= 4 is 6.03 Å². The molecule has 110 valence electrons. The molecule has 0 radical (unpaired) electrons. The summed E-state index contributed by atoms with van der Waals surface area (Å²) in [6.45, 7) is 3.22. The van der Waals surface area contributed by atoms with Crippen molar-refractivity contribution in [1.82, 2.24) is 30.4 Å². The van der Waals surface area contributed by atoms with E-state index in [4.69, 9.17) is 0 Å². The summed E-state index contributed by atoms with van der Waals surface area (Å²) in [5.41, 5.74) is 0.830. The van der Waals surface area contributed by atoms with Gasteiger partial charge in [-0.3, -0.25) is 4.98 Å². The summed E-state index contributed by atoms with van der Waals surface area (Å²) in [7, 11) is 0. The van der Waals surface area contributed by atoms with Gasteiger partial charge in [-0.25, -0.2) is 4.79 Å². The van der Waals surface area contributed by atoms with Gasteiger partial charge in [0.1, 0.15) is 5.82 Å². The number of amides is 2. The molecular weight excluding hydrogens is 268 g/mol. The number of aryl methyl sites for hydroxylation is 1. The maximum absolute atomic E-state index is 11.9. The third kappa shape index (κ3) is 3.01. The Morgan fingerprint density at radius 1 is 1.43 bits per heavy atom. The van der Waals surface area contributed by atoms with Crippen molar-refractivity contribution in [3.63, 3.8) is 0 Å². The lowest BCUT2D eigenvalue weighted by Gasteiger charge is -2.14. The normalized spacial score (nSPS) is 14.5. The third-order valence-electron chi connectivity index (χ3n) is 3.57. The highest BCUT2D eigenvalue weighted by Crippen LogP contribution is 2.13. The number of nitrogens with one attached hydrogen (secondary N) is 2. The van der Waals surface area contributed by atoms with E-state index < -0.39 is 0 Å². The molecule has 21 heavy (non-hydrogen) atoms. The van der Waals surface area contributed by atoms with Crippen LogP contribution in [0.2, 0.25) is 0 Å². The lowest BCUT2D eigenvalue weighted by molar-refractivity contribution is 0.237. The summed E-state index contributed by atoms with van der Waals surface area (Å²) in [6.07, 6.45) is 3.78. The van der Waals surface area contributed by atoms with Crippen molar-refractivity contribution in [2.45, 2.75) is 38.9 Å². The van der Waals surface area contributed by atoms with Crippen molar-refractivity contribution in [2.75, 3.05) is 0 Å². The Hall–Kier alpha value is -2.44. The number of aromatic nitrogens is 4. The fourth-order valence-corrected chi connectivity index (χ4v) is 2.45. The lowest BCUT2D eigenvalue weighted by atomic mass is 10.2. The van der Waals surface area contributed by atoms with Gasteiger partial charge >= 0.3 is 6.03 Å². The second-order valence-corrected chi connectivity index (χ2v) is 5.09. The van der Waals surface area contributed by atoms with Crippen LogP contribution in [0, 0.1) is 0 Å². The first-order valence-electron chi connectivity index (χ1n) is 7.10. The molecule has 2 amide bonds. The van der Waals surface area contributed by atoms with Gasteiger partial charge < -0.3 is 15.2 Å². The first-order chi connectivity index (χ1) is 10.2. The van der Waals surface area contributed by atoms with Gasteiger partial charge in [-0.05, 0) is 25.5 Å². The highest BCUT2D eigenvalue weighted by molar-refractivity contribution is 5.74. The molecule has 3 rings (SSSR count). The van der Waals surface area contributed by atoms with E-state index >= 15 is 0 Å². The third-order valence-corrected chi connectivity index (χ3v) is 3.57. The van der Waals surface area contributed by atoms with Gasteiger partial charge in [-0.1, -0.05) is 6.07 Å². The number of hydrogen-bond acceptors (Lipinski definition) is 4. The first kappa shape index (κ1) is 13.5. The maximum atomic E-state index is 11.9. The van der Waals surface area contributed by atoms with Crippen molar-refractivity contribution in [3.05, 3.63) is 41.7 Å². The van der Waals surface area contributed by atoms with E-state index in [-0.39, 0.29) is 12.1 Å². The molecule has 1 atom stereocenters. The molecule has 7 nitrogen and oxygen atoms in total. The van der Waals surface area contributed by atoms with Crippen LogP contribution in [0.25, 0.3) is 0 Å². The Morgan fingerprint density at radius 3 is 3.14 bits per heavy atom. The van der Waals surface area contributed by atoms with Gasteiger partial charge in [0.25, 0.3) is 0 Å². The quantitative estimate of drug-likeness (QED) is 0.884. The molecule has 1 aliphatic heterocycles. The zero-order chi connectivity index (χ0) is 14.7. The van der Waals surface area contributed by atoms with Crippen LogP contribution in [0.3, 0.4) is 0 Å². The lowest BCUT2D eigenvalue weighted by Crippen LogP contribution is -2.37. The van der Waals surface area contributed by atoms with Crippen molar-refractivity contribution < 1.29 is 4.79 Å². The average Bonchev–Trinajstić information content (AvgIpc) is 3.09. The van der Waals surface area contributed by atoms with Gasteiger partial charge in [0, 0.05) is 19.2 Å². The second kappa shape index (κ2) is 5.90. The van der Waals surface area contributed by atoms with Gasteiger partial charge in [0.05, 0.1) is 18.3 Å². The van der Waals surface area contributed by atoms with Crippen LogP contribution in [0.4, 0.5) is 4.79 Å². The Bertz CT molecular complexity index is 624. The molecule has 0 saturated carbocycles. The summed E-state index contributed by atoms with van der Waals surface area (Å²) >= 11 is 0. The van der Waals surface area contributed by atoms with E-state index in [9.17, 15) is 4.79 Å². The summed E-state index contributed by atoms with van der Waals surface area (Å²) in [4.78, 5) is 16.1. The first-order valence-corrected chi connectivity index (χ1v) is 7.10. The number of pyridine rings is 1. The van der Waals surface area contributed by atoms with E-state index in [1.54, 1.807) is 6.20 Å². The summed E-state index contributed by atoms with van der Waals surface area (Å²) in [5.74, 6) is 1.82. The predicted octanol–water partition coefficient (Wildman–Crippen LogP) is 1.18. The minimum atomic E-state index is -0.233. The van der Waals surface area contributed by atoms with Gasteiger partial charge in [0.2, 0.25) is 0 Å². The molecule has 0 unspecified atom stereocenters. The van der Waals surface area contributed by atoms with Crippen molar-refractivity contribution in [3.8, 4) is 0 Å². The van der Waals surface area contributed by atoms with Crippen LogP contribution in [0.1, 0.15) is 36.7 Å². The van der Waals surface area contributed by atoms with Crippen LogP contribution in [-0.4, -0.2) is 25.8 Å². The van der Waals surface area contributed by atoms with Crippen molar-refractivity contribution in [1.29, 1.82) is 0 Å². The van der Waals surface area contributed by atoms with Crippen LogP contribution in [-0.2, 0) is 19.5 Å². The number of nitrogens with zero attached hydrogens (tertiary/aromatic N) is 4. The average molecular weight is 286 g/mol. The predicted molar refractivity (Wildman–Crippen MR) is 76.4 cm³/mol. The monoisotopic (exact) mass is 286 g/mol. The number of fused-ring (bicyclic) bond motifs is 1. The number of urea groups is 1. The molecule has 0 saturated heterocycles. The summed E-state index contributed by atoms with van der Waals surface area (Å²) in [6, 6.07) is 5.26. The molecule has 2 aromatic rings. The van der Waals surface area contributed by atoms with E-state index in [1.807, 2.05) is 25.1 Å². The van der Waals surface area contributed by atoms with E-state index in [0.29, 0.717) is 6.54 Å². The number of rotatable bonds is 4. The van der Waals surface area contributed by atoms with Gasteiger partial charge in [-0.2, -0.15) is 0 Å². The second-order valence-electron chi connectivity index (χ2n) is 5.09. The Labute approximate surface area is 122 Å². The summed E-state index contributed by atoms with van der Waals surface area (Å²) < 4.78 is 2.07. The Morgan fingerprint density at radius 2 is 2.33 bits per heavy atom. The fourth-order valence-electron chi connectivity index (χ4n) is 2.45. The fraction of sp³-hybridized carbons (Fsp3) is 0.429. The number of carbonyl (C=O) groups is 1. The van der Waals surface area contributed by atoms with Gasteiger partial charge in [0.15, 0.2) is 5.82 Å². The highest BCUT2D eigenvalue weighted by Gasteiger charge is 2.17. The molecular formula is C14H18N6O. The van der Waals surface area contributed by atoms with Gasteiger partial charge in [-0.15, -0.1) is 10.2 Å². The number of hydrogen-bond donors (Lipinski definition) is 2. The van der Waals surface area contributed by atoms with E-state index in [2.05, 4.69) is 30.4 Å². The minimum absolute atomic E-state index is 0.143. The smallest absolute Gasteiger partial charge is 0.315 e. The molecule has 2 aromatic heterocycles. The molecule has 7 heteroatoms. The van der Waals surface area contributed by atoms with Crippen LogP contribution in [0.15, 0.2) is 24.4 Å². The summed E-state index contributed by atoms with van der Waals surface area (Å²) in [5, 5.41) is 13.9. The molecule has 1 aliphatic rings. The molecule has 2 N–H and O–H groups in total.